The summed E-state index contributed by atoms with van der Waals surface area (Å²) in [6, 6.07) is 0. The Morgan fingerprint density at radius 3 is 2.44 bits per heavy atom. The van der Waals surface area contributed by atoms with Crippen LogP contribution >= 0.6 is 0 Å². The summed E-state index contributed by atoms with van der Waals surface area (Å²) in [5, 5.41) is 3.17. The molecule has 1 atom stereocenters. The molecule has 0 bridgehead atoms. The molecule has 18 heavy (non-hydrogen) atoms. The largest absolute Gasteiger partial charge is 0.316 e. The van der Waals surface area contributed by atoms with Gasteiger partial charge in [-0.05, 0) is 19.9 Å². The highest BCUT2D eigenvalue weighted by molar-refractivity contribution is 5.81. The minimum Gasteiger partial charge on any atom is -0.316 e. The van der Waals surface area contributed by atoms with Gasteiger partial charge in [0.15, 0.2) is 0 Å². The summed E-state index contributed by atoms with van der Waals surface area (Å²) in [4.78, 5) is 11.0. The van der Waals surface area contributed by atoms with Crippen molar-refractivity contribution in [3.05, 3.63) is 37.0 Å². The zero-order valence-corrected chi connectivity index (χ0v) is 12.4. The Labute approximate surface area is 114 Å². The fourth-order valence-electron chi connectivity index (χ4n) is 1.47. The molecule has 1 N–H and O–H groups in total. The lowest BCUT2D eigenvalue weighted by atomic mass is 10.0. The lowest BCUT2D eigenvalue weighted by molar-refractivity contribution is -0.121. The average molecular weight is 253 g/mol. The van der Waals surface area contributed by atoms with E-state index in [0.717, 1.165) is 19.5 Å². The molecule has 1 aliphatic heterocycles. The summed E-state index contributed by atoms with van der Waals surface area (Å²) in [7, 11) is 0. The van der Waals surface area contributed by atoms with Crippen LogP contribution in [0, 0.1) is 5.92 Å². The topological polar surface area (TPSA) is 29.1 Å². The molecule has 1 heterocycles. The maximum absolute atomic E-state index is 11.0. The van der Waals surface area contributed by atoms with Crippen LogP contribution in [0.3, 0.4) is 0 Å². The maximum atomic E-state index is 11.0. The second-order valence-electron chi connectivity index (χ2n) is 3.66. The van der Waals surface area contributed by atoms with E-state index in [9.17, 15) is 4.79 Å². The summed E-state index contributed by atoms with van der Waals surface area (Å²) in [6.07, 6.45) is 11.3. The second kappa shape index (κ2) is 15.9. The van der Waals surface area contributed by atoms with E-state index in [0.29, 0.717) is 18.1 Å². The molecule has 2 nitrogen and oxygen atoms in total. The summed E-state index contributed by atoms with van der Waals surface area (Å²) < 4.78 is 0. The number of hydrogen-bond acceptors (Lipinski definition) is 2. The molecule has 0 amide bonds. The predicted molar refractivity (Wildman–Crippen MR) is 83.9 cm³/mol. The van der Waals surface area contributed by atoms with E-state index >= 15 is 0 Å². The third-order valence-electron chi connectivity index (χ3n) is 2.41. The van der Waals surface area contributed by atoms with Crippen LogP contribution in [-0.2, 0) is 4.79 Å². The van der Waals surface area contributed by atoms with E-state index in [-0.39, 0.29) is 1.43 Å². The van der Waals surface area contributed by atoms with Gasteiger partial charge in [-0.25, -0.2) is 0 Å². The summed E-state index contributed by atoms with van der Waals surface area (Å²) >= 11 is 0. The van der Waals surface area contributed by atoms with E-state index < -0.39 is 0 Å². The van der Waals surface area contributed by atoms with Gasteiger partial charge in [-0.15, -0.1) is 0 Å². The van der Waals surface area contributed by atoms with E-state index in [1.807, 2.05) is 52.0 Å². The SMILES string of the molecule is C=C/C=C\C=C/C.CC.CCC(=O)[C@H]1CCNC1.[HH]. The van der Waals surface area contributed by atoms with Crippen molar-refractivity contribution in [2.24, 2.45) is 5.92 Å². The molecule has 0 aromatic carbocycles. The van der Waals surface area contributed by atoms with Crippen LogP contribution < -0.4 is 5.32 Å². The van der Waals surface area contributed by atoms with Gasteiger partial charge in [0.2, 0.25) is 0 Å². The van der Waals surface area contributed by atoms with Gasteiger partial charge in [-0.1, -0.05) is 57.7 Å². The molecule has 0 aliphatic carbocycles. The van der Waals surface area contributed by atoms with Crippen LogP contribution in [0.15, 0.2) is 37.0 Å². The van der Waals surface area contributed by atoms with Crippen molar-refractivity contribution >= 4 is 5.78 Å². The van der Waals surface area contributed by atoms with Crippen molar-refractivity contribution in [2.75, 3.05) is 13.1 Å². The maximum Gasteiger partial charge on any atom is 0.137 e. The number of nitrogens with one attached hydrogen (secondary N) is 1. The Kier molecular flexibility index (Phi) is 16.9. The number of carbonyl (C=O) groups is 1. The first kappa shape index (κ1) is 19.2. The zero-order valence-electron chi connectivity index (χ0n) is 12.4. The molecule has 0 aromatic heterocycles. The van der Waals surface area contributed by atoms with Gasteiger partial charge in [-0.3, -0.25) is 4.79 Å². The van der Waals surface area contributed by atoms with Crippen molar-refractivity contribution in [1.82, 2.24) is 5.32 Å². The standard InChI is InChI=1S/C7H13NO.C7H10.C2H6.H2/c1-2-7(9)6-3-4-8-5-6;1-3-5-7-6-4-2;1-2;/h6,8H,2-5H2,1H3;3-7H,1H2,2H3;1-2H3;1H/b;6-4-,7-5-;;/t6-;;;/m0.../s1. The van der Waals surface area contributed by atoms with Gasteiger partial charge in [0.25, 0.3) is 0 Å². The monoisotopic (exact) mass is 253 g/mol. The van der Waals surface area contributed by atoms with Crippen LogP contribution in [-0.4, -0.2) is 18.9 Å². The van der Waals surface area contributed by atoms with E-state index in [4.69, 9.17) is 0 Å². The molecule has 1 rings (SSSR count). The number of carbonyl (C=O) groups excluding carboxylic acids is 1. The van der Waals surface area contributed by atoms with E-state index in [1.54, 1.807) is 6.08 Å². The van der Waals surface area contributed by atoms with Crippen LogP contribution in [0.25, 0.3) is 0 Å². The minimum atomic E-state index is 0. The highest BCUT2D eigenvalue weighted by Crippen LogP contribution is 2.09. The summed E-state index contributed by atoms with van der Waals surface area (Å²) in [5.41, 5.74) is 0. The minimum absolute atomic E-state index is 0. The number of hydrogen-bond donors (Lipinski definition) is 1. The molecule has 0 saturated carbocycles. The highest BCUT2D eigenvalue weighted by atomic mass is 16.1. The molecule has 0 spiro atoms. The number of allylic oxidation sites excluding steroid dienone is 5. The van der Waals surface area contributed by atoms with Gasteiger partial charge in [-0.2, -0.15) is 0 Å². The number of Topliss-reactive ketones (excluding diaryl/α,β-unsaturated/α-hetero) is 1. The fourth-order valence-corrected chi connectivity index (χ4v) is 1.47. The third-order valence-corrected chi connectivity index (χ3v) is 2.41. The molecule has 1 aliphatic rings. The van der Waals surface area contributed by atoms with Crippen LogP contribution in [0.4, 0.5) is 0 Å². The van der Waals surface area contributed by atoms with Gasteiger partial charge in [0.05, 0.1) is 0 Å². The molecule has 0 aromatic rings. The van der Waals surface area contributed by atoms with Crippen molar-refractivity contribution in [3.63, 3.8) is 0 Å². The number of rotatable bonds is 4. The fraction of sp³-hybridized carbons (Fsp3) is 0.562. The molecule has 0 unspecified atom stereocenters. The summed E-state index contributed by atoms with van der Waals surface area (Å²) in [6.45, 7) is 13.4. The van der Waals surface area contributed by atoms with E-state index in [1.165, 1.54) is 0 Å². The second-order valence-corrected chi connectivity index (χ2v) is 3.66. The lowest BCUT2D eigenvalue weighted by Crippen LogP contribution is -2.16. The molecule has 2 heteroatoms. The Morgan fingerprint density at radius 1 is 1.39 bits per heavy atom. The first-order chi connectivity index (χ1) is 8.76. The third kappa shape index (κ3) is 11.3. The smallest absolute Gasteiger partial charge is 0.137 e. The molecular formula is C16H31NO. The number of ketones is 1. The Hall–Kier alpha value is -1.15. The molecule has 1 saturated heterocycles. The first-order valence-electron chi connectivity index (χ1n) is 6.90. The van der Waals surface area contributed by atoms with Crippen LogP contribution in [0.1, 0.15) is 42.0 Å². The van der Waals surface area contributed by atoms with Crippen molar-refractivity contribution in [3.8, 4) is 0 Å². The van der Waals surface area contributed by atoms with Gasteiger partial charge in [0, 0.05) is 20.3 Å². The Bertz CT molecular complexity index is 253. The average Bonchev–Trinajstić information content (AvgIpc) is 2.95. The van der Waals surface area contributed by atoms with Gasteiger partial charge >= 0.3 is 0 Å². The van der Waals surface area contributed by atoms with Crippen molar-refractivity contribution in [2.45, 2.75) is 40.5 Å². The van der Waals surface area contributed by atoms with Crippen LogP contribution in [0.5, 0.6) is 0 Å². The summed E-state index contributed by atoms with van der Waals surface area (Å²) in [5.74, 6) is 0.745. The Morgan fingerprint density at radius 2 is 2.06 bits per heavy atom. The highest BCUT2D eigenvalue weighted by Gasteiger charge is 2.19. The predicted octanol–water partition coefficient (Wildman–Crippen LogP) is 4.15. The Balaban J connectivity index is -0.000000233. The molecule has 0 radical (unpaired) electrons. The van der Waals surface area contributed by atoms with Crippen molar-refractivity contribution < 1.29 is 6.22 Å². The normalized spacial score (nSPS) is 17.9. The molecule has 1 fully saturated rings. The molecule has 106 valence electrons. The quantitative estimate of drug-likeness (QED) is 0.763. The zero-order chi connectivity index (χ0) is 14.2. The van der Waals surface area contributed by atoms with E-state index in [2.05, 4.69) is 11.9 Å². The van der Waals surface area contributed by atoms with Gasteiger partial charge < -0.3 is 5.32 Å². The van der Waals surface area contributed by atoms with Crippen LogP contribution in [0.2, 0.25) is 0 Å². The molecular weight excluding hydrogens is 222 g/mol. The van der Waals surface area contributed by atoms with Crippen molar-refractivity contribution in [1.29, 1.82) is 0 Å². The first-order valence-corrected chi connectivity index (χ1v) is 6.90. The van der Waals surface area contributed by atoms with Gasteiger partial charge in [0.1, 0.15) is 5.78 Å². The lowest BCUT2D eigenvalue weighted by Gasteiger charge is -2.02.